The highest BCUT2D eigenvalue weighted by Gasteiger charge is 2.34. The molecule has 6 nitrogen and oxygen atoms in total. The average Bonchev–Trinajstić information content (AvgIpc) is 3.28. The minimum absolute atomic E-state index is 0.155. The van der Waals surface area contributed by atoms with Gasteiger partial charge in [0, 0.05) is 17.1 Å². The van der Waals surface area contributed by atoms with Gasteiger partial charge in [0.15, 0.2) is 0 Å². The molecule has 4 aromatic rings. The first-order chi connectivity index (χ1) is 17.0. The van der Waals surface area contributed by atoms with Crippen LogP contribution in [0.5, 0.6) is 0 Å². The van der Waals surface area contributed by atoms with Crippen LogP contribution >= 0.6 is 11.8 Å². The molecule has 1 aliphatic heterocycles. The minimum Gasteiger partial charge on any atom is -0.328 e. The Morgan fingerprint density at radius 1 is 0.971 bits per heavy atom. The van der Waals surface area contributed by atoms with Crippen LogP contribution in [0.15, 0.2) is 95.3 Å². The molecule has 0 bridgehead atoms. The fraction of sp³-hybridized carbons (Fsp3) is 0.179. The second-order valence-corrected chi connectivity index (χ2v) is 9.56. The van der Waals surface area contributed by atoms with Gasteiger partial charge in [-0.25, -0.2) is 4.68 Å². The van der Waals surface area contributed by atoms with Crippen molar-refractivity contribution < 1.29 is 4.79 Å². The van der Waals surface area contributed by atoms with E-state index in [1.807, 2.05) is 92.2 Å². The summed E-state index contributed by atoms with van der Waals surface area (Å²) in [5.74, 6) is 1.25. The van der Waals surface area contributed by atoms with Crippen LogP contribution < -0.4 is 10.6 Å². The van der Waals surface area contributed by atoms with Crippen molar-refractivity contribution in [2.75, 3.05) is 10.6 Å². The third-order valence-electron chi connectivity index (χ3n) is 6.26. The molecule has 0 radical (unpaired) electrons. The van der Waals surface area contributed by atoms with E-state index in [1.54, 1.807) is 11.8 Å². The first-order valence-electron chi connectivity index (χ1n) is 11.5. The van der Waals surface area contributed by atoms with Crippen molar-refractivity contribution in [1.82, 2.24) is 14.8 Å². The Hall–Kier alpha value is -3.84. The summed E-state index contributed by atoms with van der Waals surface area (Å²) in [6.07, 6.45) is 0. The zero-order chi connectivity index (χ0) is 24.4. The fourth-order valence-corrected chi connectivity index (χ4v) is 5.01. The quantitative estimate of drug-likeness (QED) is 0.325. The van der Waals surface area contributed by atoms with E-state index in [-0.39, 0.29) is 5.91 Å². The summed E-state index contributed by atoms with van der Waals surface area (Å²) in [6, 6.07) is 25.8. The van der Waals surface area contributed by atoms with E-state index >= 15 is 0 Å². The maximum absolute atomic E-state index is 13.7. The predicted octanol–water partition coefficient (Wildman–Crippen LogP) is 6.11. The van der Waals surface area contributed by atoms with Gasteiger partial charge in [0.05, 0.1) is 5.57 Å². The Balaban J connectivity index is 1.49. The zero-order valence-electron chi connectivity index (χ0n) is 19.9. The molecule has 0 saturated heterocycles. The number of rotatable bonds is 6. The van der Waals surface area contributed by atoms with Gasteiger partial charge in [-0.05, 0) is 49.1 Å². The molecule has 0 spiro atoms. The van der Waals surface area contributed by atoms with Crippen molar-refractivity contribution in [3.63, 3.8) is 0 Å². The first kappa shape index (κ1) is 22.9. The summed E-state index contributed by atoms with van der Waals surface area (Å²) >= 11 is 1.58. The number of hydrogen-bond acceptors (Lipinski definition) is 5. The van der Waals surface area contributed by atoms with Crippen molar-refractivity contribution >= 4 is 29.3 Å². The highest BCUT2D eigenvalue weighted by molar-refractivity contribution is 7.98. The molecule has 176 valence electrons. The van der Waals surface area contributed by atoms with Crippen molar-refractivity contribution in [2.24, 2.45) is 0 Å². The molecule has 1 amide bonds. The molecule has 2 N–H and O–H groups in total. The number of nitrogens with zero attached hydrogens (tertiary/aromatic N) is 3. The number of carbonyl (C=O) groups excluding carboxylic acids is 1. The number of aryl methyl sites for hydroxylation is 1. The lowest BCUT2D eigenvalue weighted by Crippen LogP contribution is -2.31. The molecule has 7 heteroatoms. The second-order valence-electron chi connectivity index (χ2n) is 8.62. The van der Waals surface area contributed by atoms with Crippen LogP contribution in [0.1, 0.15) is 35.2 Å². The molecule has 0 fully saturated rings. The van der Waals surface area contributed by atoms with Gasteiger partial charge in [0.25, 0.3) is 5.91 Å². The molecular formula is C28H27N5OS. The van der Waals surface area contributed by atoms with Crippen LogP contribution in [0.4, 0.5) is 11.6 Å². The maximum atomic E-state index is 13.7. The molecule has 5 rings (SSSR count). The van der Waals surface area contributed by atoms with Gasteiger partial charge in [0.1, 0.15) is 6.04 Å². The van der Waals surface area contributed by atoms with E-state index in [0.29, 0.717) is 16.7 Å². The SMILES string of the molecule is CC1=C(C(=O)Nc2cccc(C)c2C)C(c2ccccc2)n2nc(SCc3ccccc3)nc2N1. The molecule has 1 aromatic heterocycles. The summed E-state index contributed by atoms with van der Waals surface area (Å²) in [7, 11) is 0. The number of nitrogens with one attached hydrogen (secondary N) is 2. The highest BCUT2D eigenvalue weighted by Crippen LogP contribution is 2.37. The lowest BCUT2D eigenvalue weighted by Gasteiger charge is -2.28. The fourth-order valence-electron chi connectivity index (χ4n) is 4.23. The van der Waals surface area contributed by atoms with E-state index in [9.17, 15) is 4.79 Å². The number of allylic oxidation sites excluding steroid dienone is 1. The van der Waals surface area contributed by atoms with Gasteiger partial charge in [-0.3, -0.25) is 4.79 Å². The van der Waals surface area contributed by atoms with Crippen molar-refractivity contribution in [1.29, 1.82) is 0 Å². The number of fused-ring (bicyclic) bond motifs is 1. The third-order valence-corrected chi connectivity index (χ3v) is 7.17. The smallest absolute Gasteiger partial charge is 0.255 e. The van der Waals surface area contributed by atoms with Gasteiger partial charge in [-0.2, -0.15) is 4.98 Å². The molecule has 0 saturated carbocycles. The molecule has 0 aliphatic carbocycles. The normalized spacial score (nSPS) is 14.9. The van der Waals surface area contributed by atoms with Crippen LogP contribution in [0, 0.1) is 13.8 Å². The van der Waals surface area contributed by atoms with Crippen molar-refractivity contribution in [2.45, 2.75) is 37.7 Å². The zero-order valence-corrected chi connectivity index (χ0v) is 20.8. The Kier molecular flexibility index (Phi) is 6.42. The Morgan fingerprint density at radius 2 is 1.69 bits per heavy atom. The summed E-state index contributed by atoms with van der Waals surface area (Å²) in [4.78, 5) is 18.4. The first-order valence-corrected chi connectivity index (χ1v) is 12.5. The number of carbonyl (C=O) groups is 1. The summed E-state index contributed by atoms with van der Waals surface area (Å²) in [5, 5.41) is 11.9. The van der Waals surface area contributed by atoms with E-state index < -0.39 is 6.04 Å². The number of aromatic nitrogens is 3. The monoisotopic (exact) mass is 481 g/mol. The lowest BCUT2D eigenvalue weighted by atomic mass is 9.95. The molecule has 3 aromatic carbocycles. The van der Waals surface area contributed by atoms with E-state index in [0.717, 1.165) is 33.8 Å². The highest BCUT2D eigenvalue weighted by atomic mass is 32.2. The van der Waals surface area contributed by atoms with E-state index in [4.69, 9.17) is 10.1 Å². The standard InChI is InChI=1S/C28H27N5OS/c1-18-11-10-16-23(19(18)2)30-26(34)24-20(3)29-27-31-28(35-17-21-12-6-4-7-13-21)32-33(27)25(24)22-14-8-5-9-15-22/h4-16,25H,17H2,1-3H3,(H,30,34)(H,29,31,32). The van der Waals surface area contributed by atoms with Gasteiger partial charge in [0.2, 0.25) is 11.1 Å². The topological polar surface area (TPSA) is 71.8 Å². The number of benzene rings is 3. The van der Waals surface area contributed by atoms with Gasteiger partial charge >= 0.3 is 0 Å². The van der Waals surface area contributed by atoms with Gasteiger partial charge in [-0.15, -0.1) is 5.10 Å². The van der Waals surface area contributed by atoms with Crippen LogP contribution in [0.2, 0.25) is 0 Å². The lowest BCUT2D eigenvalue weighted by molar-refractivity contribution is -0.113. The second kappa shape index (κ2) is 9.80. The third kappa shape index (κ3) is 4.72. The maximum Gasteiger partial charge on any atom is 0.255 e. The van der Waals surface area contributed by atoms with Gasteiger partial charge < -0.3 is 10.6 Å². The number of thioether (sulfide) groups is 1. The van der Waals surface area contributed by atoms with Crippen molar-refractivity contribution in [3.05, 3.63) is 112 Å². The van der Waals surface area contributed by atoms with Crippen LogP contribution in [0.25, 0.3) is 0 Å². The summed E-state index contributed by atoms with van der Waals surface area (Å²) < 4.78 is 1.83. The molecule has 1 unspecified atom stereocenters. The summed E-state index contributed by atoms with van der Waals surface area (Å²) in [6.45, 7) is 5.98. The molecule has 1 aliphatic rings. The number of anilines is 2. The van der Waals surface area contributed by atoms with E-state index in [1.165, 1.54) is 5.56 Å². The average molecular weight is 482 g/mol. The number of amides is 1. The molecule has 2 heterocycles. The number of hydrogen-bond donors (Lipinski definition) is 2. The van der Waals surface area contributed by atoms with Gasteiger partial charge in [-0.1, -0.05) is 84.6 Å². The molecular weight excluding hydrogens is 454 g/mol. The van der Waals surface area contributed by atoms with E-state index in [2.05, 4.69) is 22.8 Å². The predicted molar refractivity (Wildman–Crippen MR) is 141 cm³/mol. The van der Waals surface area contributed by atoms with Crippen LogP contribution in [0.3, 0.4) is 0 Å². The summed E-state index contributed by atoms with van der Waals surface area (Å²) in [5.41, 5.74) is 6.57. The van der Waals surface area contributed by atoms with Crippen molar-refractivity contribution in [3.8, 4) is 0 Å². The molecule has 35 heavy (non-hydrogen) atoms. The Labute approximate surface area is 209 Å². The Bertz CT molecular complexity index is 1400. The van der Waals surface area contributed by atoms with Crippen LogP contribution in [-0.4, -0.2) is 20.7 Å². The minimum atomic E-state index is -0.392. The largest absolute Gasteiger partial charge is 0.328 e. The van der Waals surface area contributed by atoms with Crippen LogP contribution in [-0.2, 0) is 10.5 Å². The Morgan fingerprint density at radius 3 is 2.43 bits per heavy atom. The molecule has 1 atom stereocenters.